The highest BCUT2D eigenvalue weighted by Gasteiger charge is 2.32. The van der Waals surface area contributed by atoms with Gasteiger partial charge in [0.2, 0.25) is 0 Å². The van der Waals surface area contributed by atoms with Crippen LogP contribution in [0.2, 0.25) is 0 Å². The maximum Gasteiger partial charge on any atom is 0.322 e. The molecule has 0 rings (SSSR count). The molecular formula is C20H38O2S2. The van der Waals surface area contributed by atoms with Crippen LogP contribution in [0.3, 0.4) is 0 Å². The molecule has 0 saturated heterocycles. The fraction of sp³-hybridized carbons (Fsp3) is 0.900. The van der Waals surface area contributed by atoms with E-state index in [0.717, 1.165) is 10.6 Å². The number of thiocarbonyl (C=S) groups is 1. The van der Waals surface area contributed by atoms with Crippen molar-refractivity contribution >= 4 is 34.1 Å². The van der Waals surface area contributed by atoms with Gasteiger partial charge in [-0.05, 0) is 33.1 Å². The lowest BCUT2D eigenvalue weighted by molar-refractivity contribution is -0.145. The van der Waals surface area contributed by atoms with E-state index in [0.29, 0.717) is 12.5 Å². The van der Waals surface area contributed by atoms with Crippen LogP contribution in [0.15, 0.2) is 0 Å². The quantitative estimate of drug-likeness (QED) is 0.187. The van der Waals surface area contributed by atoms with Gasteiger partial charge in [-0.25, -0.2) is 0 Å². The van der Waals surface area contributed by atoms with Crippen molar-refractivity contribution in [3.05, 3.63) is 0 Å². The molecule has 1 atom stereocenters. The Hall–Kier alpha value is -0.0900. The van der Waals surface area contributed by atoms with E-state index in [1.165, 1.54) is 69.5 Å². The molecule has 0 fully saturated rings. The molecule has 0 aliphatic carbocycles. The number of ether oxygens (including phenoxy) is 1. The van der Waals surface area contributed by atoms with Crippen LogP contribution in [0.5, 0.6) is 0 Å². The SMILES string of the molecule is CCCCCCCCCCCC(C)C(=S)SC(C)(C)C(=O)OCC. The van der Waals surface area contributed by atoms with E-state index in [9.17, 15) is 4.79 Å². The van der Waals surface area contributed by atoms with E-state index in [1.807, 2.05) is 20.8 Å². The van der Waals surface area contributed by atoms with Gasteiger partial charge in [0, 0.05) is 0 Å². The van der Waals surface area contributed by atoms with Gasteiger partial charge in [-0.3, -0.25) is 4.79 Å². The summed E-state index contributed by atoms with van der Waals surface area (Å²) in [6.07, 6.45) is 13.3. The standard InChI is InChI=1S/C20H38O2S2/c1-6-8-9-10-11-12-13-14-15-16-17(3)18(23)24-20(4,5)19(21)22-7-2/h17H,6-16H2,1-5H3. The normalized spacial score (nSPS) is 12.9. The molecule has 0 N–H and O–H groups in total. The zero-order valence-electron chi connectivity index (χ0n) is 16.5. The van der Waals surface area contributed by atoms with Crippen molar-refractivity contribution in [2.45, 2.75) is 104 Å². The van der Waals surface area contributed by atoms with Crippen LogP contribution in [0.4, 0.5) is 0 Å². The van der Waals surface area contributed by atoms with Crippen molar-refractivity contribution in [2.24, 2.45) is 5.92 Å². The molecule has 0 radical (unpaired) electrons. The Morgan fingerprint density at radius 1 is 1.00 bits per heavy atom. The topological polar surface area (TPSA) is 26.3 Å². The van der Waals surface area contributed by atoms with Gasteiger partial charge in [0.1, 0.15) is 4.75 Å². The smallest absolute Gasteiger partial charge is 0.322 e. The second-order valence-electron chi connectivity index (χ2n) is 7.17. The molecule has 2 nitrogen and oxygen atoms in total. The van der Waals surface area contributed by atoms with E-state index in [4.69, 9.17) is 17.0 Å². The Labute approximate surface area is 159 Å². The Morgan fingerprint density at radius 2 is 1.50 bits per heavy atom. The largest absolute Gasteiger partial charge is 0.465 e. The zero-order chi connectivity index (χ0) is 18.4. The van der Waals surface area contributed by atoms with Gasteiger partial charge in [-0.2, -0.15) is 0 Å². The first kappa shape index (κ1) is 23.9. The Balaban J connectivity index is 3.81. The van der Waals surface area contributed by atoms with Crippen molar-refractivity contribution in [3.8, 4) is 0 Å². The number of carbonyl (C=O) groups excluding carboxylic acids is 1. The number of esters is 1. The van der Waals surface area contributed by atoms with Crippen LogP contribution < -0.4 is 0 Å². The third kappa shape index (κ3) is 11.5. The predicted octanol–water partition coefficient (Wildman–Crippen LogP) is 6.95. The van der Waals surface area contributed by atoms with Crippen molar-refractivity contribution in [1.82, 2.24) is 0 Å². The van der Waals surface area contributed by atoms with E-state index >= 15 is 0 Å². The highest BCUT2D eigenvalue weighted by molar-refractivity contribution is 8.24. The Bertz CT molecular complexity index is 354. The molecule has 0 spiro atoms. The molecule has 0 aromatic rings. The zero-order valence-corrected chi connectivity index (χ0v) is 18.1. The molecule has 0 heterocycles. The molecule has 0 aliphatic heterocycles. The summed E-state index contributed by atoms with van der Waals surface area (Å²) in [5.41, 5.74) is 0. The van der Waals surface area contributed by atoms with Crippen LogP contribution in [0.25, 0.3) is 0 Å². The number of thioether (sulfide) groups is 1. The second kappa shape index (κ2) is 14.1. The summed E-state index contributed by atoms with van der Waals surface area (Å²) >= 11 is 7.04. The fourth-order valence-electron chi connectivity index (χ4n) is 2.58. The van der Waals surface area contributed by atoms with Gasteiger partial charge >= 0.3 is 5.97 Å². The summed E-state index contributed by atoms with van der Waals surface area (Å²) in [5, 5.41) is 0. The number of carbonyl (C=O) groups is 1. The van der Waals surface area contributed by atoms with Gasteiger partial charge in [0.05, 0.1) is 10.8 Å². The maximum atomic E-state index is 11.9. The Morgan fingerprint density at radius 3 is 2.00 bits per heavy atom. The minimum atomic E-state index is -0.583. The van der Waals surface area contributed by atoms with E-state index in [1.54, 1.807) is 0 Å². The average Bonchev–Trinajstić information content (AvgIpc) is 2.52. The van der Waals surface area contributed by atoms with Crippen molar-refractivity contribution in [2.75, 3.05) is 6.61 Å². The predicted molar refractivity (Wildman–Crippen MR) is 112 cm³/mol. The first-order chi connectivity index (χ1) is 11.3. The summed E-state index contributed by atoms with van der Waals surface area (Å²) in [6.45, 7) is 10.5. The molecule has 0 amide bonds. The summed E-state index contributed by atoms with van der Waals surface area (Å²) in [5.74, 6) is 0.205. The fourth-order valence-corrected chi connectivity index (χ4v) is 4.28. The minimum absolute atomic E-state index is 0.173. The molecule has 4 heteroatoms. The van der Waals surface area contributed by atoms with Gasteiger partial charge in [0.25, 0.3) is 0 Å². The van der Waals surface area contributed by atoms with Crippen LogP contribution in [0, 0.1) is 5.92 Å². The minimum Gasteiger partial charge on any atom is -0.465 e. The second-order valence-corrected chi connectivity index (χ2v) is 9.53. The summed E-state index contributed by atoms with van der Waals surface area (Å²) in [7, 11) is 0. The molecule has 1 unspecified atom stereocenters. The van der Waals surface area contributed by atoms with Gasteiger partial charge in [-0.15, -0.1) is 11.8 Å². The molecule has 0 bridgehead atoms. The molecule has 0 aromatic carbocycles. The van der Waals surface area contributed by atoms with Crippen LogP contribution >= 0.6 is 24.0 Å². The van der Waals surface area contributed by atoms with Crippen molar-refractivity contribution < 1.29 is 9.53 Å². The lowest BCUT2D eigenvalue weighted by Gasteiger charge is -2.24. The number of hydrogen-bond donors (Lipinski definition) is 0. The third-order valence-electron chi connectivity index (χ3n) is 4.27. The third-order valence-corrected chi connectivity index (χ3v) is 6.20. The van der Waals surface area contributed by atoms with Crippen LogP contribution in [-0.2, 0) is 9.53 Å². The lowest BCUT2D eigenvalue weighted by atomic mass is 10.0. The molecule has 142 valence electrons. The molecular weight excluding hydrogens is 336 g/mol. The first-order valence-electron chi connectivity index (χ1n) is 9.75. The molecule has 24 heavy (non-hydrogen) atoms. The number of hydrogen-bond acceptors (Lipinski definition) is 4. The monoisotopic (exact) mass is 374 g/mol. The lowest BCUT2D eigenvalue weighted by Crippen LogP contribution is -2.32. The molecule has 0 aromatic heterocycles. The summed E-state index contributed by atoms with van der Waals surface area (Å²) in [6, 6.07) is 0. The first-order valence-corrected chi connectivity index (χ1v) is 11.0. The molecule has 0 aliphatic rings. The van der Waals surface area contributed by atoms with Gasteiger partial charge < -0.3 is 4.74 Å². The van der Waals surface area contributed by atoms with E-state index in [2.05, 4.69) is 13.8 Å². The van der Waals surface area contributed by atoms with Crippen LogP contribution in [0.1, 0.15) is 98.8 Å². The maximum absolute atomic E-state index is 11.9. The highest BCUT2D eigenvalue weighted by Crippen LogP contribution is 2.32. The molecule has 0 saturated carbocycles. The van der Waals surface area contributed by atoms with Gasteiger partial charge in [0.15, 0.2) is 0 Å². The van der Waals surface area contributed by atoms with Crippen molar-refractivity contribution in [1.29, 1.82) is 0 Å². The number of rotatable bonds is 14. The van der Waals surface area contributed by atoms with E-state index in [-0.39, 0.29) is 5.97 Å². The van der Waals surface area contributed by atoms with Gasteiger partial charge in [-0.1, -0.05) is 83.9 Å². The highest BCUT2D eigenvalue weighted by atomic mass is 32.2. The summed E-state index contributed by atoms with van der Waals surface area (Å²) < 4.78 is 5.48. The van der Waals surface area contributed by atoms with Crippen LogP contribution in [-0.4, -0.2) is 21.5 Å². The average molecular weight is 375 g/mol. The Kier molecular flexibility index (Phi) is 14.1. The van der Waals surface area contributed by atoms with E-state index < -0.39 is 4.75 Å². The number of unbranched alkanes of at least 4 members (excludes halogenated alkanes) is 8. The summed E-state index contributed by atoms with van der Waals surface area (Å²) in [4.78, 5) is 11.9. The van der Waals surface area contributed by atoms with Crippen molar-refractivity contribution in [3.63, 3.8) is 0 Å².